The molecule has 1 atom stereocenters. The minimum absolute atomic E-state index is 0. The Balaban J connectivity index is 0.00000288. The average molecular weight is 446 g/mol. The number of aliphatic hydroxyl groups is 1. The van der Waals surface area contributed by atoms with E-state index in [4.69, 9.17) is 4.42 Å². The quantitative estimate of drug-likeness (QED) is 0.362. The number of halogens is 1. The third-order valence-corrected chi connectivity index (χ3v) is 3.53. The van der Waals surface area contributed by atoms with Gasteiger partial charge in [-0.2, -0.15) is 0 Å². The Morgan fingerprint density at radius 1 is 1.33 bits per heavy atom. The second-order valence-corrected chi connectivity index (χ2v) is 5.92. The second-order valence-electron chi connectivity index (χ2n) is 5.92. The van der Waals surface area contributed by atoms with Gasteiger partial charge in [-0.05, 0) is 44.5 Å². The first-order valence-electron chi connectivity index (χ1n) is 7.83. The number of nitrogens with zero attached hydrogens (tertiary/aromatic N) is 2. The molecule has 0 aromatic carbocycles. The van der Waals surface area contributed by atoms with Crippen molar-refractivity contribution in [1.29, 1.82) is 0 Å². The summed E-state index contributed by atoms with van der Waals surface area (Å²) in [6, 6.07) is 5.68. The van der Waals surface area contributed by atoms with E-state index in [9.17, 15) is 5.11 Å². The van der Waals surface area contributed by atoms with Crippen molar-refractivity contribution in [1.82, 2.24) is 15.2 Å². The zero-order valence-corrected chi connectivity index (χ0v) is 17.0. The molecule has 2 heterocycles. The van der Waals surface area contributed by atoms with Crippen molar-refractivity contribution >= 4 is 29.9 Å². The van der Waals surface area contributed by atoms with E-state index in [0.717, 1.165) is 17.9 Å². The van der Waals surface area contributed by atoms with Crippen LogP contribution in [0.3, 0.4) is 0 Å². The van der Waals surface area contributed by atoms with Gasteiger partial charge in [-0.3, -0.25) is 0 Å². The molecule has 0 aliphatic heterocycles. The Morgan fingerprint density at radius 3 is 2.62 bits per heavy atom. The van der Waals surface area contributed by atoms with Gasteiger partial charge in [-0.25, -0.2) is 4.99 Å². The van der Waals surface area contributed by atoms with Crippen LogP contribution in [0, 0.1) is 6.92 Å². The fourth-order valence-corrected chi connectivity index (χ4v) is 2.23. The third kappa shape index (κ3) is 5.86. The van der Waals surface area contributed by atoms with Crippen molar-refractivity contribution in [2.75, 3.05) is 13.1 Å². The summed E-state index contributed by atoms with van der Waals surface area (Å²) in [5.41, 5.74) is 0.0371. The maximum atomic E-state index is 10.6. The van der Waals surface area contributed by atoms with Crippen molar-refractivity contribution in [2.24, 2.45) is 12.0 Å². The smallest absolute Gasteiger partial charge is 0.191 e. The van der Waals surface area contributed by atoms with Crippen molar-refractivity contribution in [3.8, 4) is 0 Å². The SMILES string of the molecule is CCNC(=NCc1ccn(C)c1)NCC(C)(O)c1ccc(C)o1.I. The molecule has 2 rings (SSSR count). The molecule has 0 spiro atoms. The molecule has 0 saturated heterocycles. The first kappa shape index (κ1) is 20.6. The molecule has 0 amide bonds. The van der Waals surface area contributed by atoms with Crippen LogP contribution in [-0.2, 0) is 19.2 Å². The van der Waals surface area contributed by atoms with Gasteiger partial charge >= 0.3 is 0 Å². The lowest BCUT2D eigenvalue weighted by Crippen LogP contribution is -2.44. The van der Waals surface area contributed by atoms with Crippen LogP contribution in [0.15, 0.2) is 40.0 Å². The summed E-state index contributed by atoms with van der Waals surface area (Å²) in [7, 11) is 1.99. The van der Waals surface area contributed by atoms with Gasteiger partial charge in [0, 0.05) is 26.0 Å². The number of aromatic nitrogens is 1. The molecular formula is C17H27IN4O2. The predicted octanol–water partition coefficient (Wildman–Crippen LogP) is 2.51. The lowest BCUT2D eigenvalue weighted by atomic mass is 10.0. The van der Waals surface area contributed by atoms with Crippen LogP contribution < -0.4 is 10.6 Å². The third-order valence-electron chi connectivity index (χ3n) is 3.53. The van der Waals surface area contributed by atoms with E-state index in [0.29, 0.717) is 24.8 Å². The Hall–Kier alpha value is -1.48. The summed E-state index contributed by atoms with van der Waals surface area (Å²) in [6.07, 6.45) is 4.03. The molecule has 7 heteroatoms. The highest BCUT2D eigenvalue weighted by Gasteiger charge is 2.27. The van der Waals surface area contributed by atoms with E-state index >= 15 is 0 Å². The van der Waals surface area contributed by atoms with Crippen LogP contribution in [0.5, 0.6) is 0 Å². The summed E-state index contributed by atoms with van der Waals surface area (Å²) >= 11 is 0. The summed E-state index contributed by atoms with van der Waals surface area (Å²) < 4.78 is 7.51. The zero-order valence-electron chi connectivity index (χ0n) is 14.7. The average Bonchev–Trinajstić information content (AvgIpc) is 3.11. The standard InChI is InChI=1S/C17H26N4O2.HI/c1-5-18-16(19-10-14-8-9-21(4)11-14)20-12-17(3,22)15-7-6-13(2)23-15;/h6-9,11,22H,5,10,12H2,1-4H3,(H2,18,19,20);1H. The molecule has 0 bridgehead atoms. The van der Waals surface area contributed by atoms with Gasteiger partial charge in [0.05, 0.1) is 13.1 Å². The van der Waals surface area contributed by atoms with E-state index in [1.807, 2.05) is 50.0 Å². The summed E-state index contributed by atoms with van der Waals surface area (Å²) in [4.78, 5) is 4.54. The molecule has 2 aromatic heterocycles. The highest BCUT2D eigenvalue weighted by Crippen LogP contribution is 2.21. The highest BCUT2D eigenvalue weighted by atomic mass is 127. The van der Waals surface area contributed by atoms with E-state index in [2.05, 4.69) is 15.6 Å². The zero-order chi connectivity index (χ0) is 16.9. The van der Waals surface area contributed by atoms with E-state index in [1.54, 1.807) is 13.0 Å². The fourth-order valence-electron chi connectivity index (χ4n) is 2.23. The van der Waals surface area contributed by atoms with Gasteiger partial charge < -0.3 is 24.7 Å². The molecule has 1 unspecified atom stereocenters. The molecule has 134 valence electrons. The highest BCUT2D eigenvalue weighted by molar-refractivity contribution is 14.0. The summed E-state index contributed by atoms with van der Waals surface area (Å²) in [5, 5.41) is 16.9. The maximum absolute atomic E-state index is 10.6. The fraction of sp³-hybridized carbons (Fsp3) is 0.471. The van der Waals surface area contributed by atoms with Crippen LogP contribution >= 0.6 is 24.0 Å². The molecule has 0 fully saturated rings. The van der Waals surface area contributed by atoms with Gasteiger partial charge in [0.25, 0.3) is 0 Å². The van der Waals surface area contributed by atoms with Gasteiger partial charge in [-0.1, -0.05) is 0 Å². The number of nitrogens with one attached hydrogen (secondary N) is 2. The van der Waals surface area contributed by atoms with Crippen LogP contribution in [0.1, 0.15) is 30.9 Å². The normalized spacial score (nSPS) is 14.0. The Kier molecular flexibility index (Phi) is 7.82. The van der Waals surface area contributed by atoms with Crippen molar-refractivity contribution in [3.05, 3.63) is 47.7 Å². The topological polar surface area (TPSA) is 74.7 Å². The number of aliphatic imine (C=N–C) groups is 1. The molecule has 6 nitrogen and oxygen atoms in total. The monoisotopic (exact) mass is 446 g/mol. The van der Waals surface area contributed by atoms with Crippen molar-refractivity contribution < 1.29 is 9.52 Å². The Morgan fingerprint density at radius 2 is 2.08 bits per heavy atom. The summed E-state index contributed by atoms with van der Waals surface area (Å²) in [6.45, 7) is 7.23. The van der Waals surface area contributed by atoms with E-state index in [1.165, 1.54) is 0 Å². The van der Waals surface area contributed by atoms with Crippen LogP contribution in [0.2, 0.25) is 0 Å². The van der Waals surface area contributed by atoms with E-state index < -0.39 is 5.60 Å². The van der Waals surface area contributed by atoms with E-state index in [-0.39, 0.29) is 24.0 Å². The number of aryl methyl sites for hydroxylation is 2. The number of hydrogen-bond donors (Lipinski definition) is 3. The van der Waals surface area contributed by atoms with Gasteiger partial charge in [-0.15, -0.1) is 24.0 Å². The molecular weight excluding hydrogens is 419 g/mol. The molecule has 0 radical (unpaired) electrons. The lowest BCUT2D eigenvalue weighted by Gasteiger charge is -2.22. The Labute approximate surface area is 160 Å². The number of hydrogen-bond acceptors (Lipinski definition) is 3. The number of furan rings is 1. The maximum Gasteiger partial charge on any atom is 0.191 e. The van der Waals surface area contributed by atoms with Gasteiger partial charge in [0.1, 0.15) is 17.1 Å². The molecule has 24 heavy (non-hydrogen) atoms. The molecule has 0 aliphatic carbocycles. The molecule has 3 N–H and O–H groups in total. The van der Waals surface area contributed by atoms with Crippen molar-refractivity contribution in [2.45, 2.75) is 32.9 Å². The Bertz CT molecular complexity index is 661. The first-order valence-corrected chi connectivity index (χ1v) is 7.83. The largest absolute Gasteiger partial charge is 0.463 e. The predicted molar refractivity (Wildman–Crippen MR) is 107 cm³/mol. The molecule has 2 aromatic rings. The van der Waals surface area contributed by atoms with Crippen molar-refractivity contribution in [3.63, 3.8) is 0 Å². The van der Waals surface area contributed by atoms with Crippen LogP contribution in [0.4, 0.5) is 0 Å². The van der Waals surface area contributed by atoms with Gasteiger partial charge in [0.2, 0.25) is 0 Å². The molecule has 0 aliphatic rings. The van der Waals surface area contributed by atoms with Gasteiger partial charge in [0.15, 0.2) is 5.96 Å². The summed E-state index contributed by atoms with van der Waals surface area (Å²) in [5.74, 6) is 1.99. The first-order chi connectivity index (χ1) is 10.9. The minimum atomic E-state index is -1.10. The second kappa shape index (κ2) is 9.12. The molecule has 0 saturated carbocycles. The number of guanidine groups is 1. The number of rotatable bonds is 6. The lowest BCUT2D eigenvalue weighted by molar-refractivity contribution is 0.0378. The van der Waals surface area contributed by atoms with Crippen LogP contribution in [0.25, 0.3) is 0 Å². The minimum Gasteiger partial charge on any atom is -0.463 e. The van der Waals surface area contributed by atoms with Crippen LogP contribution in [-0.4, -0.2) is 28.7 Å².